The van der Waals surface area contributed by atoms with Crippen LogP contribution in [0.15, 0.2) is 24.3 Å². The van der Waals surface area contributed by atoms with E-state index in [0.29, 0.717) is 6.04 Å². The summed E-state index contributed by atoms with van der Waals surface area (Å²) in [5, 5.41) is 3.41. The second-order valence-corrected chi connectivity index (χ2v) is 4.89. The lowest BCUT2D eigenvalue weighted by molar-refractivity contribution is 0.592. The van der Waals surface area contributed by atoms with E-state index in [1.807, 2.05) is 23.9 Å². The Bertz CT molecular complexity index is 273. The Kier molecular flexibility index (Phi) is 5.73. The fraction of sp³-hybridized carbons (Fsp3) is 0.500. The number of benzene rings is 1. The van der Waals surface area contributed by atoms with Gasteiger partial charge in [0.25, 0.3) is 0 Å². The quantitative estimate of drug-likeness (QED) is 0.801. The zero-order valence-corrected chi connectivity index (χ0v) is 10.1. The van der Waals surface area contributed by atoms with Crippen LogP contribution < -0.4 is 5.32 Å². The monoisotopic (exact) mass is 227 g/mol. The van der Waals surface area contributed by atoms with E-state index in [-0.39, 0.29) is 5.82 Å². The smallest absolute Gasteiger partial charge is 0.123 e. The molecule has 0 fully saturated rings. The highest BCUT2D eigenvalue weighted by Gasteiger charge is 2.00. The predicted octanol–water partition coefficient (Wildman–Crippen LogP) is 3.06. The third-order valence-electron chi connectivity index (χ3n) is 2.14. The molecule has 1 atom stereocenters. The second-order valence-electron chi connectivity index (χ2n) is 3.57. The molecule has 0 saturated carbocycles. The molecule has 0 aromatic heterocycles. The first-order valence-electron chi connectivity index (χ1n) is 5.28. The van der Waals surface area contributed by atoms with Gasteiger partial charge in [0, 0.05) is 18.3 Å². The van der Waals surface area contributed by atoms with Gasteiger partial charge in [-0.1, -0.05) is 19.1 Å². The van der Waals surface area contributed by atoms with Crippen LogP contribution in [0.1, 0.15) is 19.4 Å². The average Bonchev–Trinajstić information content (AvgIpc) is 2.25. The van der Waals surface area contributed by atoms with E-state index < -0.39 is 0 Å². The first-order chi connectivity index (χ1) is 7.22. The Hall–Kier alpha value is -0.540. The molecule has 0 heterocycles. The summed E-state index contributed by atoms with van der Waals surface area (Å²) in [6.45, 7) is 5.15. The molecular weight excluding hydrogens is 209 g/mol. The molecule has 0 bridgehead atoms. The second kappa shape index (κ2) is 6.85. The van der Waals surface area contributed by atoms with Crippen LogP contribution in [0.2, 0.25) is 0 Å². The van der Waals surface area contributed by atoms with Crippen molar-refractivity contribution >= 4 is 11.8 Å². The Morgan fingerprint density at radius 2 is 2.00 bits per heavy atom. The van der Waals surface area contributed by atoms with Crippen molar-refractivity contribution in [2.45, 2.75) is 26.4 Å². The summed E-state index contributed by atoms with van der Waals surface area (Å²) < 4.78 is 12.6. The Labute approximate surface area is 95.5 Å². The van der Waals surface area contributed by atoms with Gasteiger partial charge in [-0.15, -0.1) is 0 Å². The predicted molar refractivity (Wildman–Crippen MR) is 65.7 cm³/mol. The molecule has 1 rings (SSSR count). The van der Waals surface area contributed by atoms with E-state index in [1.54, 1.807) is 0 Å². The van der Waals surface area contributed by atoms with Crippen molar-refractivity contribution in [3.05, 3.63) is 35.6 Å². The summed E-state index contributed by atoms with van der Waals surface area (Å²) in [6.07, 6.45) is 0. The van der Waals surface area contributed by atoms with Crippen LogP contribution >= 0.6 is 11.8 Å². The first kappa shape index (κ1) is 12.5. The van der Waals surface area contributed by atoms with Crippen LogP contribution in [0, 0.1) is 5.82 Å². The summed E-state index contributed by atoms with van der Waals surface area (Å²) in [6, 6.07) is 7.15. The molecular formula is C12H18FNS. The molecule has 0 aliphatic heterocycles. The van der Waals surface area contributed by atoms with Gasteiger partial charge in [0.2, 0.25) is 0 Å². The highest BCUT2D eigenvalue weighted by Crippen LogP contribution is 2.05. The molecule has 1 aromatic carbocycles. The topological polar surface area (TPSA) is 12.0 Å². The SMILES string of the molecule is CCSCC(C)NCc1ccc(F)cc1. The lowest BCUT2D eigenvalue weighted by Gasteiger charge is -2.12. The van der Waals surface area contributed by atoms with Crippen LogP contribution in [-0.4, -0.2) is 17.5 Å². The van der Waals surface area contributed by atoms with Crippen LogP contribution in [0.3, 0.4) is 0 Å². The van der Waals surface area contributed by atoms with E-state index >= 15 is 0 Å². The van der Waals surface area contributed by atoms with Crippen molar-refractivity contribution in [2.75, 3.05) is 11.5 Å². The fourth-order valence-electron chi connectivity index (χ4n) is 1.25. The summed E-state index contributed by atoms with van der Waals surface area (Å²) in [4.78, 5) is 0. The van der Waals surface area contributed by atoms with Gasteiger partial charge in [0.1, 0.15) is 5.82 Å². The molecule has 0 spiro atoms. The number of hydrogen-bond acceptors (Lipinski definition) is 2. The van der Waals surface area contributed by atoms with E-state index in [0.717, 1.165) is 23.6 Å². The largest absolute Gasteiger partial charge is 0.309 e. The van der Waals surface area contributed by atoms with Crippen molar-refractivity contribution < 1.29 is 4.39 Å². The van der Waals surface area contributed by atoms with E-state index in [9.17, 15) is 4.39 Å². The molecule has 0 aliphatic carbocycles. The number of thioether (sulfide) groups is 1. The van der Waals surface area contributed by atoms with Gasteiger partial charge in [-0.3, -0.25) is 0 Å². The molecule has 84 valence electrons. The maximum Gasteiger partial charge on any atom is 0.123 e. The van der Waals surface area contributed by atoms with Gasteiger partial charge in [0.05, 0.1) is 0 Å². The van der Waals surface area contributed by atoms with Gasteiger partial charge in [-0.2, -0.15) is 11.8 Å². The van der Waals surface area contributed by atoms with Gasteiger partial charge in [0.15, 0.2) is 0 Å². The summed E-state index contributed by atoms with van der Waals surface area (Å²) in [5.74, 6) is 2.11. The summed E-state index contributed by atoms with van der Waals surface area (Å²) >= 11 is 1.93. The minimum Gasteiger partial charge on any atom is -0.309 e. The van der Waals surface area contributed by atoms with E-state index in [4.69, 9.17) is 0 Å². The summed E-state index contributed by atoms with van der Waals surface area (Å²) in [5.41, 5.74) is 1.13. The molecule has 15 heavy (non-hydrogen) atoms. The maximum absolute atomic E-state index is 12.6. The number of hydrogen-bond donors (Lipinski definition) is 1. The van der Waals surface area contributed by atoms with Gasteiger partial charge < -0.3 is 5.32 Å². The minimum atomic E-state index is -0.173. The first-order valence-corrected chi connectivity index (χ1v) is 6.43. The zero-order chi connectivity index (χ0) is 11.1. The Balaban J connectivity index is 2.27. The van der Waals surface area contributed by atoms with Gasteiger partial charge >= 0.3 is 0 Å². The minimum absolute atomic E-state index is 0.173. The summed E-state index contributed by atoms with van der Waals surface area (Å²) in [7, 11) is 0. The highest BCUT2D eigenvalue weighted by molar-refractivity contribution is 7.99. The van der Waals surface area contributed by atoms with Crippen LogP contribution in [0.25, 0.3) is 0 Å². The molecule has 3 heteroatoms. The Morgan fingerprint density at radius 3 is 2.60 bits per heavy atom. The van der Waals surface area contributed by atoms with Crippen LogP contribution in [-0.2, 0) is 6.54 Å². The standard InChI is InChI=1S/C12H18FNS/c1-3-15-9-10(2)14-8-11-4-6-12(13)7-5-11/h4-7,10,14H,3,8-9H2,1-2H3. The third-order valence-corrected chi connectivity index (χ3v) is 3.28. The third kappa shape index (κ3) is 5.19. The normalized spacial score (nSPS) is 12.7. The maximum atomic E-state index is 12.6. The van der Waals surface area contributed by atoms with Crippen molar-refractivity contribution in [3.63, 3.8) is 0 Å². The molecule has 1 nitrogen and oxygen atoms in total. The van der Waals surface area contributed by atoms with Crippen molar-refractivity contribution in [1.29, 1.82) is 0 Å². The molecule has 0 saturated heterocycles. The highest BCUT2D eigenvalue weighted by atomic mass is 32.2. The Morgan fingerprint density at radius 1 is 1.33 bits per heavy atom. The van der Waals surface area contributed by atoms with Crippen molar-refractivity contribution in [2.24, 2.45) is 0 Å². The van der Waals surface area contributed by atoms with Gasteiger partial charge in [-0.05, 0) is 30.4 Å². The number of rotatable bonds is 6. The van der Waals surface area contributed by atoms with Gasteiger partial charge in [-0.25, -0.2) is 4.39 Å². The average molecular weight is 227 g/mol. The molecule has 1 unspecified atom stereocenters. The van der Waals surface area contributed by atoms with Crippen LogP contribution in [0.4, 0.5) is 4.39 Å². The number of nitrogens with one attached hydrogen (secondary N) is 1. The van der Waals surface area contributed by atoms with Crippen LogP contribution in [0.5, 0.6) is 0 Å². The molecule has 0 amide bonds. The lowest BCUT2D eigenvalue weighted by atomic mass is 10.2. The van der Waals surface area contributed by atoms with E-state index in [1.165, 1.54) is 12.1 Å². The lowest BCUT2D eigenvalue weighted by Crippen LogP contribution is -2.27. The zero-order valence-electron chi connectivity index (χ0n) is 9.29. The van der Waals surface area contributed by atoms with E-state index in [2.05, 4.69) is 19.2 Å². The van der Waals surface area contributed by atoms with Crippen molar-refractivity contribution in [1.82, 2.24) is 5.32 Å². The molecule has 0 radical (unpaired) electrons. The molecule has 0 aliphatic rings. The van der Waals surface area contributed by atoms with Crippen molar-refractivity contribution in [3.8, 4) is 0 Å². The number of halogens is 1. The molecule has 1 N–H and O–H groups in total. The fourth-order valence-corrected chi connectivity index (χ4v) is 1.95. The molecule has 1 aromatic rings.